The van der Waals surface area contributed by atoms with Gasteiger partial charge >= 0.3 is 16.1 Å². The maximum absolute atomic E-state index is 13.0. The number of amides is 4. The third-order valence-corrected chi connectivity index (χ3v) is 6.42. The van der Waals surface area contributed by atoms with Crippen LogP contribution in [0.15, 0.2) is 83.3 Å². The van der Waals surface area contributed by atoms with Crippen molar-refractivity contribution < 1.29 is 31.7 Å². The molecule has 9 nitrogen and oxygen atoms in total. The summed E-state index contributed by atoms with van der Waals surface area (Å²) in [7, 11) is -2.80. The molecule has 4 rings (SSSR count). The van der Waals surface area contributed by atoms with Crippen LogP contribution in [0.1, 0.15) is 5.56 Å². The normalized spacial score (nSPS) is 15.2. The smallest absolute Gasteiger partial charge is 0.339 e. The summed E-state index contributed by atoms with van der Waals surface area (Å²) in [5, 5.41) is 2.53. The SMILES string of the molecule is COc1cc(/C=C2\C(=O)NC(=O)N(c3ccc(Cl)cc3)C2=O)ccc1OS(=O)(=O)c1ccccc1. The molecule has 178 valence electrons. The summed E-state index contributed by atoms with van der Waals surface area (Å²) in [5.41, 5.74) is 0.241. The summed E-state index contributed by atoms with van der Waals surface area (Å²) in [5.74, 6) is -1.76. The lowest BCUT2D eigenvalue weighted by atomic mass is 10.1. The number of urea groups is 1. The maximum Gasteiger partial charge on any atom is 0.339 e. The third-order valence-electron chi connectivity index (χ3n) is 4.92. The minimum atomic E-state index is -4.12. The van der Waals surface area contributed by atoms with Gasteiger partial charge in [0.25, 0.3) is 11.8 Å². The zero-order valence-electron chi connectivity index (χ0n) is 18.1. The van der Waals surface area contributed by atoms with Gasteiger partial charge in [-0.15, -0.1) is 0 Å². The number of anilines is 1. The number of nitrogens with one attached hydrogen (secondary N) is 1. The lowest BCUT2D eigenvalue weighted by Crippen LogP contribution is -2.54. The fourth-order valence-electron chi connectivity index (χ4n) is 3.25. The van der Waals surface area contributed by atoms with Gasteiger partial charge in [-0.3, -0.25) is 14.9 Å². The molecule has 0 aromatic heterocycles. The second-order valence-electron chi connectivity index (χ2n) is 7.20. The van der Waals surface area contributed by atoms with Gasteiger partial charge in [-0.25, -0.2) is 9.69 Å². The quantitative estimate of drug-likeness (QED) is 0.303. The standard InChI is InChI=1S/C24H17ClN2O7S/c1-33-21-14-15(7-12-20(21)34-35(31,32)18-5-3-2-4-6-18)13-19-22(28)26-24(30)27(23(19)29)17-10-8-16(25)9-11-17/h2-14H,1H3,(H,26,28,30)/b19-13+. The number of methoxy groups -OCH3 is 1. The number of imide groups is 2. The van der Waals surface area contributed by atoms with Crippen molar-refractivity contribution >= 4 is 51.3 Å². The number of ether oxygens (including phenoxy) is 1. The number of carbonyl (C=O) groups excluding carboxylic acids is 3. The maximum atomic E-state index is 13.0. The predicted octanol–water partition coefficient (Wildman–Crippen LogP) is 3.78. The Morgan fingerprint density at radius 3 is 2.26 bits per heavy atom. The van der Waals surface area contributed by atoms with Crippen LogP contribution in [0.4, 0.5) is 10.5 Å². The number of carbonyl (C=O) groups is 3. The van der Waals surface area contributed by atoms with Crippen LogP contribution in [0.25, 0.3) is 6.08 Å². The monoisotopic (exact) mass is 512 g/mol. The molecule has 35 heavy (non-hydrogen) atoms. The predicted molar refractivity (Wildman–Crippen MR) is 128 cm³/mol. The summed E-state index contributed by atoms with van der Waals surface area (Å²) in [6.45, 7) is 0. The van der Waals surface area contributed by atoms with Crippen LogP contribution in [0.3, 0.4) is 0 Å². The van der Waals surface area contributed by atoms with Gasteiger partial charge < -0.3 is 8.92 Å². The average molecular weight is 513 g/mol. The van der Waals surface area contributed by atoms with Crippen LogP contribution in [-0.4, -0.2) is 33.4 Å². The lowest BCUT2D eigenvalue weighted by molar-refractivity contribution is -0.122. The average Bonchev–Trinajstić information content (AvgIpc) is 2.84. The van der Waals surface area contributed by atoms with Crippen molar-refractivity contribution in [1.29, 1.82) is 0 Å². The van der Waals surface area contributed by atoms with Gasteiger partial charge in [-0.1, -0.05) is 35.9 Å². The Labute approximate surface area is 205 Å². The van der Waals surface area contributed by atoms with E-state index in [1.807, 2.05) is 0 Å². The molecule has 0 atom stereocenters. The van der Waals surface area contributed by atoms with E-state index in [-0.39, 0.29) is 27.7 Å². The second kappa shape index (κ2) is 9.61. The molecule has 11 heteroatoms. The van der Waals surface area contributed by atoms with E-state index in [4.69, 9.17) is 20.5 Å². The van der Waals surface area contributed by atoms with Crippen molar-refractivity contribution in [1.82, 2.24) is 5.32 Å². The van der Waals surface area contributed by atoms with E-state index in [1.165, 1.54) is 67.8 Å². The van der Waals surface area contributed by atoms with E-state index < -0.39 is 28.0 Å². The van der Waals surface area contributed by atoms with Gasteiger partial charge in [0, 0.05) is 5.02 Å². The van der Waals surface area contributed by atoms with E-state index in [0.717, 1.165) is 4.90 Å². The van der Waals surface area contributed by atoms with Crippen molar-refractivity contribution in [2.75, 3.05) is 12.0 Å². The molecule has 4 amide bonds. The zero-order valence-corrected chi connectivity index (χ0v) is 19.7. The van der Waals surface area contributed by atoms with E-state index in [9.17, 15) is 22.8 Å². The van der Waals surface area contributed by atoms with Gasteiger partial charge in [0.05, 0.1) is 12.8 Å². The van der Waals surface area contributed by atoms with Crippen LogP contribution in [0.5, 0.6) is 11.5 Å². The summed E-state index contributed by atoms with van der Waals surface area (Å²) in [4.78, 5) is 38.5. The van der Waals surface area contributed by atoms with Crippen molar-refractivity contribution in [3.63, 3.8) is 0 Å². The van der Waals surface area contributed by atoms with Gasteiger partial charge in [0.1, 0.15) is 10.5 Å². The van der Waals surface area contributed by atoms with Crippen molar-refractivity contribution in [2.45, 2.75) is 4.90 Å². The topological polar surface area (TPSA) is 119 Å². The first-order valence-electron chi connectivity index (χ1n) is 10.0. The molecule has 0 spiro atoms. The van der Waals surface area contributed by atoms with E-state index in [0.29, 0.717) is 10.6 Å². The molecule has 1 fully saturated rings. The Morgan fingerprint density at radius 1 is 0.914 bits per heavy atom. The number of halogens is 1. The highest BCUT2D eigenvalue weighted by molar-refractivity contribution is 7.87. The zero-order chi connectivity index (χ0) is 25.2. The van der Waals surface area contributed by atoms with Gasteiger partial charge in [-0.05, 0) is 60.2 Å². The van der Waals surface area contributed by atoms with E-state index in [1.54, 1.807) is 18.2 Å². The van der Waals surface area contributed by atoms with Gasteiger partial charge in [0.2, 0.25) is 0 Å². The Balaban J connectivity index is 1.65. The van der Waals surface area contributed by atoms with Gasteiger partial charge in [-0.2, -0.15) is 8.42 Å². The minimum Gasteiger partial charge on any atom is -0.493 e. The number of hydrogen-bond acceptors (Lipinski definition) is 7. The van der Waals surface area contributed by atoms with Crippen LogP contribution in [0, 0.1) is 0 Å². The molecule has 1 aliphatic rings. The highest BCUT2D eigenvalue weighted by Gasteiger charge is 2.36. The second-order valence-corrected chi connectivity index (χ2v) is 9.18. The molecule has 0 saturated carbocycles. The first-order chi connectivity index (χ1) is 16.7. The fraction of sp³-hybridized carbons (Fsp3) is 0.0417. The molecule has 3 aromatic rings. The Kier molecular flexibility index (Phi) is 6.59. The molecule has 0 radical (unpaired) electrons. The highest BCUT2D eigenvalue weighted by atomic mass is 35.5. The number of rotatable bonds is 6. The number of nitrogens with zero attached hydrogens (tertiary/aromatic N) is 1. The Hall–Kier alpha value is -4.15. The van der Waals surface area contributed by atoms with Crippen molar-refractivity contribution in [2.24, 2.45) is 0 Å². The van der Waals surface area contributed by atoms with Crippen molar-refractivity contribution in [3.8, 4) is 11.5 Å². The van der Waals surface area contributed by atoms with Crippen LogP contribution in [0.2, 0.25) is 5.02 Å². The number of benzene rings is 3. The molecule has 1 N–H and O–H groups in total. The third kappa shape index (κ3) is 5.03. The molecule has 1 aliphatic heterocycles. The minimum absolute atomic E-state index is 0.0373. The lowest BCUT2D eigenvalue weighted by Gasteiger charge is -2.26. The molecule has 3 aromatic carbocycles. The molecule has 0 unspecified atom stereocenters. The highest BCUT2D eigenvalue weighted by Crippen LogP contribution is 2.32. The van der Waals surface area contributed by atoms with E-state index in [2.05, 4.69) is 5.32 Å². The van der Waals surface area contributed by atoms with Crippen LogP contribution in [-0.2, 0) is 19.7 Å². The number of barbiturate groups is 1. The molecular weight excluding hydrogens is 496 g/mol. The summed E-state index contributed by atoms with van der Waals surface area (Å²) in [6, 6.07) is 16.8. The summed E-state index contributed by atoms with van der Waals surface area (Å²) in [6.07, 6.45) is 1.25. The van der Waals surface area contributed by atoms with Crippen LogP contribution >= 0.6 is 11.6 Å². The summed E-state index contributed by atoms with van der Waals surface area (Å²) >= 11 is 5.87. The van der Waals surface area contributed by atoms with Crippen molar-refractivity contribution in [3.05, 3.63) is 89.0 Å². The summed E-state index contributed by atoms with van der Waals surface area (Å²) < 4.78 is 35.6. The molecule has 0 aliphatic carbocycles. The fourth-order valence-corrected chi connectivity index (χ4v) is 4.33. The first kappa shape index (κ1) is 24.0. The van der Waals surface area contributed by atoms with Gasteiger partial charge in [0.15, 0.2) is 11.5 Å². The molecular formula is C24H17ClN2O7S. The molecule has 0 bridgehead atoms. The van der Waals surface area contributed by atoms with Crippen LogP contribution < -0.4 is 19.1 Å². The Morgan fingerprint density at radius 2 is 1.60 bits per heavy atom. The number of hydrogen-bond donors (Lipinski definition) is 1. The molecule has 1 heterocycles. The first-order valence-corrected chi connectivity index (χ1v) is 11.8. The largest absolute Gasteiger partial charge is 0.493 e. The van der Waals surface area contributed by atoms with E-state index >= 15 is 0 Å². The molecule has 1 saturated heterocycles. The Bertz CT molecular complexity index is 1450.